The van der Waals surface area contributed by atoms with E-state index in [4.69, 9.17) is 5.11 Å². The Bertz CT molecular complexity index is 410. The van der Waals surface area contributed by atoms with Gasteiger partial charge in [0.2, 0.25) is 0 Å². The first-order chi connectivity index (χ1) is 7.20. The molecule has 0 spiro atoms. The van der Waals surface area contributed by atoms with Crippen molar-refractivity contribution >= 4 is 16.8 Å². The summed E-state index contributed by atoms with van der Waals surface area (Å²) in [7, 11) is -1.15. The van der Waals surface area contributed by atoms with Crippen LogP contribution in [0.1, 0.15) is 29.6 Å². The van der Waals surface area contributed by atoms with Crippen LogP contribution in [0.25, 0.3) is 0 Å². The van der Waals surface area contributed by atoms with Crippen LogP contribution in [0.2, 0.25) is 0 Å². The van der Waals surface area contributed by atoms with E-state index in [0.29, 0.717) is 4.90 Å². The van der Waals surface area contributed by atoms with Gasteiger partial charge in [0.05, 0.1) is 21.3 Å². The summed E-state index contributed by atoms with van der Waals surface area (Å²) < 4.78 is 12.0. The van der Waals surface area contributed by atoms with Crippen molar-refractivity contribution in [3.8, 4) is 0 Å². The van der Waals surface area contributed by atoms with E-state index >= 15 is 0 Å². The molecule has 3 nitrogen and oxygen atoms in total. The quantitative estimate of drug-likeness (QED) is 0.854. The maximum Gasteiger partial charge on any atom is 0.336 e. The van der Waals surface area contributed by atoms with Gasteiger partial charge in [-0.05, 0) is 25.0 Å². The molecule has 0 amide bonds. The van der Waals surface area contributed by atoms with E-state index in [1.165, 1.54) is 6.07 Å². The molecule has 0 bridgehead atoms. The molecule has 1 unspecified atom stereocenters. The summed E-state index contributed by atoms with van der Waals surface area (Å²) in [6, 6.07) is 6.55. The average molecular weight is 224 g/mol. The van der Waals surface area contributed by atoms with Crippen LogP contribution in [0.5, 0.6) is 0 Å². The molecule has 1 saturated carbocycles. The van der Waals surface area contributed by atoms with Gasteiger partial charge in [-0.15, -0.1) is 0 Å². The van der Waals surface area contributed by atoms with Crippen LogP contribution in [0, 0.1) is 0 Å². The predicted octanol–water partition coefficient (Wildman–Crippen LogP) is 2.04. The second-order valence-electron chi connectivity index (χ2n) is 3.65. The molecule has 0 saturated heterocycles. The van der Waals surface area contributed by atoms with Crippen LogP contribution in [0.3, 0.4) is 0 Å². The van der Waals surface area contributed by atoms with Crippen molar-refractivity contribution in [3.63, 3.8) is 0 Å². The minimum Gasteiger partial charge on any atom is -0.478 e. The van der Waals surface area contributed by atoms with E-state index in [1.54, 1.807) is 18.2 Å². The Morgan fingerprint density at radius 3 is 2.53 bits per heavy atom. The SMILES string of the molecule is O=C(O)c1ccccc1S(=O)C1CCC1. The van der Waals surface area contributed by atoms with Gasteiger partial charge >= 0.3 is 5.97 Å². The van der Waals surface area contributed by atoms with Crippen LogP contribution in [-0.4, -0.2) is 20.5 Å². The minimum absolute atomic E-state index is 0.158. The van der Waals surface area contributed by atoms with E-state index in [9.17, 15) is 9.00 Å². The van der Waals surface area contributed by atoms with E-state index in [0.717, 1.165) is 19.3 Å². The van der Waals surface area contributed by atoms with E-state index in [2.05, 4.69) is 0 Å². The van der Waals surface area contributed by atoms with E-state index in [1.807, 2.05) is 0 Å². The van der Waals surface area contributed by atoms with Crippen molar-refractivity contribution in [1.29, 1.82) is 0 Å². The lowest BCUT2D eigenvalue weighted by molar-refractivity contribution is 0.0693. The molecule has 0 heterocycles. The van der Waals surface area contributed by atoms with Gasteiger partial charge < -0.3 is 5.11 Å². The van der Waals surface area contributed by atoms with Crippen molar-refractivity contribution in [1.82, 2.24) is 0 Å². The van der Waals surface area contributed by atoms with E-state index < -0.39 is 16.8 Å². The molecule has 80 valence electrons. The Balaban J connectivity index is 2.33. The number of rotatable bonds is 3. The number of hydrogen-bond donors (Lipinski definition) is 1. The molecule has 1 aliphatic carbocycles. The van der Waals surface area contributed by atoms with Gasteiger partial charge in [-0.2, -0.15) is 0 Å². The fourth-order valence-electron chi connectivity index (χ4n) is 1.58. The van der Waals surface area contributed by atoms with Crippen LogP contribution in [-0.2, 0) is 10.8 Å². The lowest BCUT2D eigenvalue weighted by atomic mass is 10.00. The number of aromatic carboxylic acids is 1. The van der Waals surface area contributed by atoms with Crippen LogP contribution in [0.4, 0.5) is 0 Å². The molecule has 0 radical (unpaired) electrons. The summed E-state index contributed by atoms with van der Waals surface area (Å²) in [5.74, 6) is -1.00. The highest BCUT2D eigenvalue weighted by molar-refractivity contribution is 7.85. The van der Waals surface area contributed by atoms with Crippen molar-refractivity contribution < 1.29 is 14.1 Å². The fraction of sp³-hybridized carbons (Fsp3) is 0.364. The molecule has 1 atom stereocenters. The molecule has 0 aromatic heterocycles. The summed E-state index contributed by atoms with van der Waals surface area (Å²) in [5.41, 5.74) is 0.169. The zero-order chi connectivity index (χ0) is 10.8. The molecule has 4 heteroatoms. The molecule has 1 aromatic rings. The Kier molecular flexibility index (Phi) is 2.86. The van der Waals surface area contributed by atoms with Gasteiger partial charge in [-0.3, -0.25) is 4.21 Å². The lowest BCUT2D eigenvalue weighted by Crippen LogP contribution is -2.24. The second kappa shape index (κ2) is 4.14. The molecular weight excluding hydrogens is 212 g/mol. The van der Waals surface area contributed by atoms with Crippen molar-refractivity contribution in [2.24, 2.45) is 0 Å². The fourth-order valence-corrected chi connectivity index (χ4v) is 3.29. The first-order valence-corrected chi connectivity index (χ1v) is 6.14. The number of benzene rings is 1. The number of carbonyl (C=O) groups is 1. The summed E-state index contributed by atoms with van der Waals surface area (Å²) in [6.07, 6.45) is 2.99. The topological polar surface area (TPSA) is 54.4 Å². The first kappa shape index (κ1) is 10.4. The third-order valence-corrected chi connectivity index (χ3v) is 4.56. The summed E-state index contributed by atoms with van der Waals surface area (Å²) in [6.45, 7) is 0. The lowest BCUT2D eigenvalue weighted by Gasteiger charge is -2.24. The van der Waals surface area contributed by atoms with Crippen molar-refractivity contribution in [2.45, 2.75) is 29.4 Å². The molecule has 15 heavy (non-hydrogen) atoms. The first-order valence-electron chi connectivity index (χ1n) is 4.93. The Morgan fingerprint density at radius 2 is 2.00 bits per heavy atom. The average Bonchev–Trinajstić information content (AvgIpc) is 2.15. The zero-order valence-electron chi connectivity index (χ0n) is 8.18. The monoisotopic (exact) mass is 224 g/mol. The Hall–Kier alpha value is -1.16. The minimum atomic E-state index is -1.15. The Morgan fingerprint density at radius 1 is 1.33 bits per heavy atom. The van der Waals surface area contributed by atoms with Crippen molar-refractivity contribution in [3.05, 3.63) is 29.8 Å². The highest BCUT2D eigenvalue weighted by Gasteiger charge is 2.27. The standard InChI is InChI=1S/C11H12O3S/c12-11(13)9-6-1-2-7-10(9)15(14)8-4-3-5-8/h1-2,6-8H,3-5H2,(H,12,13). The van der Waals surface area contributed by atoms with Crippen molar-refractivity contribution in [2.75, 3.05) is 0 Å². The number of carboxylic acids is 1. The summed E-state index contributed by atoms with van der Waals surface area (Å²) >= 11 is 0. The predicted molar refractivity (Wildman–Crippen MR) is 57.4 cm³/mol. The zero-order valence-corrected chi connectivity index (χ0v) is 9.00. The number of hydrogen-bond acceptors (Lipinski definition) is 2. The van der Waals surface area contributed by atoms with Crippen LogP contribution < -0.4 is 0 Å². The maximum absolute atomic E-state index is 12.0. The highest BCUT2D eigenvalue weighted by Crippen LogP contribution is 2.29. The molecule has 2 rings (SSSR count). The van der Waals surface area contributed by atoms with Gasteiger partial charge in [-0.25, -0.2) is 4.79 Å². The third-order valence-electron chi connectivity index (χ3n) is 2.69. The van der Waals surface area contributed by atoms with Gasteiger partial charge in [0, 0.05) is 5.25 Å². The smallest absolute Gasteiger partial charge is 0.336 e. The Labute approximate surface area is 90.6 Å². The molecular formula is C11H12O3S. The van der Waals surface area contributed by atoms with Gasteiger partial charge in [0.15, 0.2) is 0 Å². The van der Waals surface area contributed by atoms with E-state index in [-0.39, 0.29) is 10.8 Å². The second-order valence-corrected chi connectivity index (χ2v) is 5.35. The molecule has 1 fully saturated rings. The molecule has 1 aromatic carbocycles. The molecule has 0 aliphatic heterocycles. The number of carboxylic acid groups (broad SMARTS) is 1. The third kappa shape index (κ3) is 1.95. The van der Waals surface area contributed by atoms with Gasteiger partial charge in [0.25, 0.3) is 0 Å². The summed E-state index contributed by atoms with van der Waals surface area (Å²) in [5, 5.41) is 9.11. The van der Waals surface area contributed by atoms with Crippen LogP contribution in [0.15, 0.2) is 29.2 Å². The molecule has 1 N–H and O–H groups in total. The van der Waals surface area contributed by atoms with Crippen LogP contribution >= 0.6 is 0 Å². The summed E-state index contributed by atoms with van der Waals surface area (Å²) in [4.78, 5) is 11.4. The maximum atomic E-state index is 12.0. The highest BCUT2D eigenvalue weighted by atomic mass is 32.2. The van der Waals surface area contributed by atoms with Gasteiger partial charge in [-0.1, -0.05) is 18.6 Å². The molecule has 1 aliphatic rings. The largest absolute Gasteiger partial charge is 0.478 e. The normalized spacial score (nSPS) is 18.1. The van der Waals surface area contributed by atoms with Gasteiger partial charge in [0.1, 0.15) is 0 Å².